The molecule has 1 aromatic carbocycles. The van der Waals surface area contributed by atoms with Gasteiger partial charge in [0.1, 0.15) is 5.75 Å². The van der Waals surface area contributed by atoms with Crippen LogP contribution in [0.5, 0.6) is 5.75 Å². The van der Waals surface area contributed by atoms with E-state index in [1.807, 2.05) is 30.3 Å². The van der Waals surface area contributed by atoms with Crippen molar-refractivity contribution in [1.29, 1.82) is 0 Å². The Morgan fingerprint density at radius 1 is 1.27 bits per heavy atom. The summed E-state index contributed by atoms with van der Waals surface area (Å²) in [7, 11) is 0. The van der Waals surface area contributed by atoms with E-state index in [9.17, 15) is 9.90 Å². The average Bonchev–Trinajstić information content (AvgIpc) is 2.92. The largest absolute Gasteiger partial charge is 0.493 e. The number of aryl methyl sites for hydroxylation is 1. The van der Waals surface area contributed by atoms with E-state index >= 15 is 0 Å². The van der Waals surface area contributed by atoms with Crippen LogP contribution >= 0.6 is 0 Å². The second-order valence-corrected chi connectivity index (χ2v) is 5.03. The fourth-order valence-electron chi connectivity index (χ4n) is 2.22. The highest BCUT2D eigenvalue weighted by atomic mass is 16.5. The lowest BCUT2D eigenvalue weighted by molar-refractivity contribution is 0.0689. The predicted octanol–water partition coefficient (Wildman–Crippen LogP) is 2.79. The minimum atomic E-state index is -1.04. The molecule has 0 radical (unpaired) electrons. The molecular weight excluding hydrogens is 282 g/mol. The molecule has 1 N–H and O–H groups in total. The van der Waals surface area contributed by atoms with Crippen LogP contribution < -0.4 is 4.74 Å². The zero-order valence-electron chi connectivity index (χ0n) is 12.7. The summed E-state index contributed by atoms with van der Waals surface area (Å²) < 4.78 is 7.32. The first kappa shape index (κ1) is 16.0. The van der Waals surface area contributed by atoms with Gasteiger partial charge in [-0.1, -0.05) is 43.2 Å². The lowest BCUT2D eigenvalue weighted by atomic mass is 10.2. The van der Waals surface area contributed by atoms with Crippen LogP contribution in [0.4, 0.5) is 0 Å². The highest BCUT2D eigenvalue weighted by molar-refractivity contribution is 5.86. The number of carboxylic acids is 1. The molecule has 0 aliphatic heterocycles. The molecule has 1 aromatic heterocycles. The van der Waals surface area contributed by atoms with Crippen LogP contribution in [0.1, 0.15) is 42.4 Å². The maximum absolute atomic E-state index is 11.2. The van der Waals surface area contributed by atoms with Crippen molar-refractivity contribution < 1.29 is 14.6 Å². The molecule has 0 aliphatic carbocycles. The third-order valence-corrected chi connectivity index (χ3v) is 3.36. The summed E-state index contributed by atoms with van der Waals surface area (Å²) in [4.78, 5) is 11.2. The van der Waals surface area contributed by atoms with Crippen LogP contribution in [0.25, 0.3) is 0 Å². The Labute approximate surface area is 129 Å². The van der Waals surface area contributed by atoms with Crippen molar-refractivity contribution in [2.75, 3.05) is 6.61 Å². The molecular formula is C16H21N3O3. The van der Waals surface area contributed by atoms with Gasteiger partial charge in [0.2, 0.25) is 0 Å². The molecule has 6 nitrogen and oxygen atoms in total. The Bertz CT molecular complexity index is 596. The van der Waals surface area contributed by atoms with E-state index in [4.69, 9.17) is 4.74 Å². The van der Waals surface area contributed by atoms with Crippen LogP contribution in [-0.2, 0) is 13.0 Å². The molecule has 0 saturated heterocycles. The summed E-state index contributed by atoms with van der Waals surface area (Å²) in [6.07, 6.45) is 3.62. The van der Waals surface area contributed by atoms with E-state index in [-0.39, 0.29) is 5.69 Å². The normalized spacial score (nSPS) is 10.6. The van der Waals surface area contributed by atoms with Crippen LogP contribution in [-0.4, -0.2) is 32.7 Å². The first-order valence-electron chi connectivity index (χ1n) is 7.56. The summed E-state index contributed by atoms with van der Waals surface area (Å²) in [5, 5.41) is 17.0. The van der Waals surface area contributed by atoms with Crippen molar-refractivity contribution in [3.8, 4) is 5.75 Å². The van der Waals surface area contributed by atoms with E-state index in [2.05, 4.69) is 17.2 Å². The van der Waals surface area contributed by atoms with Gasteiger partial charge in [0.25, 0.3) is 0 Å². The second kappa shape index (κ2) is 8.17. The monoisotopic (exact) mass is 303 g/mol. The molecule has 118 valence electrons. The molecule has 0 saturated carbocycles. The van der Waals surface area contributed by atoms with E-state index in [0.29, 0.717) is 25.3 Å². The van der Waals surface area contributed by atoms with Crippen molar-refractivity contribution in [2.45, 2.75) is 39.2 Å². The number of nitrogens with zero attached hydrogens (tertiary/aromatic N) is 3. The number of hydrogen-bond acceptors (Lipinski definition) is 4. The van der Waals surface area contributed by atoms with Crippen molar-refractivity contribution >= 4 is 5.97 Å². The smallest absolute Gasteiger partial charge is 0.358 e. The van der Waals surface area contributed by atoms with Gasteiger partial charge >= 0.3 is 5.97 Å². The highest BCUT2D eigenvalue weighted by Gasteiger charge is 2.18. The molecule has 0 bridgehead atoms. The molecule has 0 unspecified atom stereocenters. The standard InChI is InChI=1S/C16H21N3O3/c1-2-3-7-11-19-14(15(16(20)21)17-18-19)10-12-22-13-8-5-4-6-9-13/h4-6,8-9H,2-3,7,10-12H2,1H3,(H,20,21). The molecule has 0 fully saturated rings. The van der Waals surface area contributed by atoms with Crippen LogP contribution in [0, 0.1) is 0 Å². The van der Waals surface area contributed by atoms with Gasteiger partial charge in [-0.25, -0.2) is 9.48 Å². The number of carboxylic acid groups (broad SMARTS) is 1. The molecule has 0 amide bonds. The Morgan fingerprint density at radius 2 is 2.05 bits per heavy atom. The Hall–Kier alpha value is -2.37. The third kappa shape index (κ3) is 4.31. The quantitative estimate of drug-likeness (QED) is 0.721. The average molecular weight is 303 g/mol. The van der Waals surface area contributed by atoms with Crippen molar-refractivity contribution in [1.82, 2.24) is 15.0 Å². The number of para-hydroxylation sites is 1. The Balaban J connectivity index is 2.00. The molecule has 0 spiro atoms. The first-order chi connectivity index (χ1) is 10.7. The zero-order valence-corrected chi connectivity index (χ0v) is 12.7. The van der Waals surface area contributed by atoms with E-state index in [1.54, 1.807) is 4.68 Å². The number of carbonyl (C=O) groups is 1. The summed E-state index contributed by atoms with van der Waals surface area (Å²) in [5.41, 5.74) is 0.646. The number of hydrogen-bond donors (Lipinski definition) is 1. The number of ether oxygens (including phenoxy) is 1. The van der Waals surface area contributed by atoms with Crippen LogP contribution in [0.2, 0.25) is 0 Å². The second-order valence-electron chi connectivity index (χ2n) is 5.03. The van der Waals surface area contributed by atoms with Gasteiger partial charge in [-0.3, -0.25) is 0 Å². The predicted molar refractivity (Wildman–Crippen MR) is 82.1 cm³/mol. The molecule has 0 aliphatic rings. The maximum Gasteiger partial charge on any atom is 0.358 e. The Morgan fingerprint density at radius 3 is 2.73 bits per heavy atom. The summed E-state index contributed by atoms with van der Waals surface area (Å²) >= 11 is 0. The van der Waals surface area contributed by atoms with Gasteiger partial charge in [-0.15, -0.1) is 5.10 Å². The van der Waals surface area contributed by atoms with Crippen LogP contribution in [0.3, 0.4) is 0 Å². The Kier molecular flexibility index (Phi) is 5.94. The topological polar surface area (TPSA) is 77.2 Å². The third-order valence-electron chi connectivity index (χ3n) is 3.36. The van der Waals surface area contributed by atoms with Gasteiger partial charge in [0, 0.05) is 13.0 Å². The molecule has 6 heteroatoms. The first-order valence-corrected chi connectivity index (χ1v) is 7.56. The number of benzene rings is 1. The van der Waals surface area contributed by atoms with E-state index < -0.39 is 5.97 Å². The van der Waals surface area contributed by atoms with Gasteiger partial charge in [-0.2, -0.15) is 0 Å². The fourth-order valence-corrected chi connectivity index (χ4v) is 2.22. The number of unbranched alkanes of at least 4 members (excludes halogenated alkanes) is 2. The molecule has 0 atom stereocenters. The molecule has 2 rings (SSSR count). The van der Waals surface area contributed by atoms with Gasteiger partial charge in [0.15, 0.2) is 5.69 Å². The lowest BCUT2D eigenvalue weighted by Crippen LogP contribution is -2.12. The maximum atomic E-state index is 11.2. The summed E-state index contributed by atoms with van der Waals surface area (Å²) in [6, 6.07) is 9.45. The number of aromatic nitrogens is 3. The van der Waals surface area contributed by atoms with Crippen molar-refractivity contribution in [3.63, 3.8) is 0 Å². The number of aromatic carboxylic acids is 1. The van der Waals surface area contributed by atoms with Gasteiger partial charge < -0.3 is 9.84 Å². The fraction of sp³-hybridized carbons (Fsp3) is 0.438. The van der Waals surface area contributed by atoms with Gasteiger partial charge in [-0.05, 0) is 18.6 Å². The molecule has 1 heterocycles. The lowest BCUT2D eigenvalue weighted by Gasteiger charge is -2.08. The van der Waals surface area contributed by atoms with E-state index in [1.165, 1.54) is 0 Å². The summed E-state index contributed by atoms with van der Waals surface area (Å²) in [5.74, 6) is -0.277. The number of rotatable bonds is 9. The highest BCUT2D eigenvalue weighted by Crippen LogP contribution is 2.12. The van der Waals surface area contributed by atoms with Crippen molar-refractivity contribution in [2.24, 2.45) is 0 Å². The van der Waals surface area contributed by atoms with Crippen LogP contribution in [0.15, 0.2) is 30.3 Å². The SMILES string of the molecule is CCCCCn1nnc(C(=O)O)c1CCOc1ccccc1. The minimum absolute atomic E-state index is 0.0214. The minimum Gasteiger partial charge on any atom is -0.493 e. The van der Waals surface area contributed by atoms with Crippen molar-refractivity contribution in [3.05, 3.63) is 41.7 Å². The van der Waals surface area contributed by atoms with Gasteiger partial charge in [0.05, 0.1) is 12.3 Å². The zero-order chi connectivity index (χ0) is 15.8. The molecule has 22 heavy (non-hydrogen) atoms. The van der Waals surface area contributed by atoms with E-state index in [0.717, 1.165) is 25.0 Å². The summed E-state index contributed by atoms with van der Waals surface area (Å²) in [6.45, 7) is 3.21. The molecule has 2 aromatic rings.